The topological polar surface area (TPSA) is 74.0 Å². The molecule has 0 N–H and O–H groups in total. The van der Waals surface area contributed by atoms with E-state index >= 15 is 0 Å². The zero-order valence-corrected chi connectivity index (χ0v) is 18.8. The maximum Gasteiger partial charge on any atom is 0.295 e. The molecule has 1 atom stereocenters. The van der Waals surface area contributed by atoms with Crippen LogP contribution in [0.2, 0.25) is 0 Å². The molecule has 3 heterocycles. The van der Waals surface area contributed by atoms with Gasteiger partial charge in [0.05, 0.1) is 36.6 Å². The average molecular weight is 453 g/mol. The summed E-state index contributed by atoms with van der Waals surface area (Å²) in [6.07, 6.45) is 1.88. The van der Waals surface area contributed by atoms with Crippen molar-refractivity contribution in [3.05, 3.63) is 48.2 Å². The van der Waals surface area contributed by atoms with E-state index in [2.05, 4.69) is 0 Å². The second kappa shape index (κ2) is 8.80. The maximum atomic E-state index is 13.6. The fourth-order valence-corrected chi connectivity index (χ4v) is 4.94. The molecule has 7 nitrogen and oxygen atoms in total. The number of carbonyl (C=O) groups excluding carboxylic acids is 1. The Morgan fingerprint density at radius 2 is 2.19 bits per heavy atom. The van der Waals surface area contributed by atoms with Gasteiger partial charge < -0.3 is 18.6 Å². The fraction of sp³-hybridized carbons (Fsp3) is 0.333. The predicted octanol–water partition coefficient (Wildman–Crippen LogP) is 5.28. The molecule has 0 spiro atoms. The molecule has 0 aliphatic carbocycles. The maximum absolute atomic E-state index is 13.6. The molecule has 166 valence electrons. The molecule has 2 aromatic heterocycles. The second-order valence-electron chi connectivity index (χ2n) is 7.60. The van der Waals surface area contributed by atoms with Gasteiger partial charge in [0, 0.05) is 12.0 Å². The number of anilines is 1. The van der Waals surface area contributed by atoms with Gasteiger partial charge in [-0.2, -0.15) is 0 Å². The summed E-state index contributed by atoms with van der Waals surface area (Å²) < 4.78 is 23.7. The number of para-hydroxylation sites is 1. The highest BCUT2D eigenvalue weighted by Gasteiger charge is 2.29. The van der Waals surface area contributed by atoms with Crippen LogP contribution in [0.25, 0.3) is 21.2 Å². The summed E-state index contributed by atoms with van der Waals surface area (Å²) in [5.74, 6) is 1.38. The van der Waals surface area contributed by atoms with Crippen molar-refractivity contribution in [1.29, 1.82) is 0 Å². The number of thiazole rings is 1. The average Bonchev–Trinajstić information content (AvgIpc) is 3.55. The summed E-state index contributed by atoms with van der Waals surface area (Å²) in [6, 6.07) is 13.1. The fourth-order valence-electron chi connectivity index (χ4n) is 3.94. The lowest BCUT2D eigenvalue weighted by Gasteiger charge is -2.22. The number of amides is 1. The number of carbonyl (C=O) groups is 1. The van der Waals surface area contributed by atoms with E-state index in [0.29, 0.717) is 36.2 Å². The molecule has 32 heavy (non-hydrogen) atoms. The Kier molecular flexibility index (Phi) is 5.71. The van der Waals surface area contributed by atoms with Crippen LogP contribution in [0.15, 0.2) is 46.9 Å². The summed E-state index contributed by atoms with van der Waals surface area (Å²) in [4.78, 5) is 20.0. The van der Waals surface area contributed by atoms with Crippen LogP contribution in [-0.4, -0.2) is 43.9 Å². The van der Waals surface area contributed by atoms with Crippen molar-refractivity contribution < 1.29 is 23.4 Å². The molecule has 4 aromatic rings. The Hall–Kier alpha value is -3.10. The first-order valence-electron chi connectivity index (χ1n) is 10.7. The van der Waals surface area contributed by atoms with E-state index in [0.717, 1.165) is 34.2 Å². The van der Waals surface area contributed by atoms with Crippen LogP contribution in [0, 0.1) is 0 Å². The minimum absolute atomic E-state index is 0.0242. The van der Waals surface area contributed by atoms with Crippen molar-refractivity contribution in [1.82, 2.24) is 4.98 Å². The molecule has 1 saturated heterocycles. The lowest BCUT2D eigenvalue weighted by Crippen LogP contribution is -2.37. The molecule has 0 radical (unpaired) electrons. The molecule has 1 amide bonds. The van der Waals surface area contributed by atoms with Gasteiger partial charge in [0.1, 0.15) is 5.75 Å². The Morgan fingerprint density at radius 3 is 2.97 bits per heavy atom. The van der Waals surface area contributed by atoms with E-state index in [1.54, 1.807) is 18.1 Å². The number of furan rings is 1. The SMILES string of the molecule is CCOc1ccc2nc(N(CC3CCCO3)C(=O)c3cc4cccc(OC)c4o3)sc2c1. The number of aromatic nitrogens is 1. The van der Waals surface area contributed by atoms with E-state index in [1.807, 2.05) is 43.3 Å². The van der Waals surface area contributed by atoms with Gasteiger partial charge in [0.2, 0.25) is 0 Å². The molecule has 0 saturated carbocycles. The number of hydrogen-bond donors (Lipinski definition) is 0. The van der Waals surface area contributed by atoms with Crippen LogP contribution in [0.1, 0.15) is 30.3 Å². The molecular weight excluding hydrogens is 428 g/mol. The van der Waals surface area contributed by atoms with E-state index in [9.17, 15) is 4.79 Å². The highest BCUT2D eigenvalue weighted by molar-refractivity contribution is 7.22. The first kappa shape index (κ1) is 20.8. The molecule has 1 aliphatic heterocycles. The van der Waals surface area contributed by atoms with Gasteiger partial charge in [-0.1, -0.05) is 23.5 Å². The molecule has 0 bridgehead atoms. The van der Waals surface area contributed by atoms with Gasteiger partial charge in [-0.25, -0.2) is 4.98 Å². The highest BCUT2D eigenvalue weighted by Crippen LogP contribution is 2.34. The van der Waals surface area contributed by atoms with Crippen molar-refractivity contribution in [2.45, 2.75) is 25.9 Å². The van der Waals surface area contributed by atoms with Gasteiger partial charge in [-0.05, 0) is 50.1 Å². The van der Waals surface area contributed by atoms with Gasteiger partial charge in [0.15, 0.2) is 22.2 Å². The Balaban J connectivity index is 1.53. The minimum atomic E-state index is -0.247. The Bertz CT molecular complexity index is 1260. The van der Waals surface area contributed by atoms with Crippen molar-refractivity contribution in [2.75, 3.05) is 31.8 Å². The summed E-state index contributed by atoms with van der Waals surface area (Å²) >= 11 is 1.46. The van der Waals surface area contributed by atoms with Crippen LogP contribution >= 0.6 is 11.3 Å². The van der Waals surface area contributed by atoms with Crippen molar-refractivity contribution >= 4 is 43.6 Å². The Morgan fingerprint density at radius 1 is 1.28 bits per heavy atom. The summed E-state index contributed by atoms with van der Waals surface area (Å²) in [7, 11) is 1.58. The first-order chi connectivity index (χ1) is 15.7. The van der Waals surface area contributed by atoms with Gasteiger partial charge >= 0.3 is 0 Å². The Labute approximate surface area is 189 Å². The van der Waals surface area contributed by atoms with E-state index in [-0.39, 0.29) is 17.8 Å². The normalized spacial score (nSPS) is 16.0. The number of hydrogen-bond acceptors (Lipinski definition) is 7. The second-order valence-corrected chi connectivity index (χ2v) is 8.61. The van der Waals surface area contributed by atoms with Crippen LogP contribution in [0.5, 0.6) is 11.5 Å². The molecular formula is C24H24N2O5S. The van der Waals surface area contributed by atoms with Gasteiger partial charge in [0.25, 0.3) is 5.91 Å². The summed E-state index contributed by atoms with van der Waals surface area (Å²) in [5.41, 5.74) is 1.38. The highest BCUT2D eigenvalue weighted by atomic mass is 32.1. The molecule has 5 rings (SSSR count). The smallest absolute Gasteiger partial charge is 0.295 e. The third-order valence-electron chi connectivity index (χ3n) is 5.48. The lowest BCUT2D eigenvalue weighted by molar-refractivity contribution is 0.0896. The molecule has 2 aromatic carbocycles. The van der Waals surface area contributed by atoms with Crippen LogP contribution in [0.4, 0.5) is 5.13 Å². The third-order valence-corrected chi connectivity index (χ3v) is 6.53. The van der Waals surface area contributed by atoms with Gasteiger partial charge in [-0.3, -0.25) is 9.69 Å². The quantitative estimate of drug-likeness (QED) is 0.380. The van der Waals surface area contributed by atoms with E-state index < -0.39 is 0 Å². The van der Waals surface area contributed by atoms with Crippen molar-refractivity contribution in [3.63, 3.8) is 0 Å². The van der Waals surface area contributed by atoms with Gasteiger partial charge in [-0.15, -0.1) is 0 Å². The lowest BCUT2D eigenvalue weighted by atomic mass is 10.2. The standard InChI is InChI=1S/C24H24N2O5S/c1-3-29-16-9-10-18-21(13-16)32-24(25-18)26(14-17-7-5-11-30-17)23(27)20-12-15-6-4-8-19(28-2)22(15)31-20/h4,6,8-10,12-13,17H,3,5,7,11,14H2,1-2H3. The number of ether oxygens (including phenoxy) is 3. The molecule has 1 aliphatic rings. The van der Waals surface area contributed by atoms with Crippen LogP contribution < -0.4 is 14.4 Å². The number of methoxy groups -OCH3 is 1. The summed E-state index contributed by atoms with van der Waals surface area (Å²) in [5, 5.41) is 1.43. The monoisotopic (exact) mass is 452 g/mol. The molecule has 1 unspecified atom stereocenters. The van der Waals surface area contributed by atoms with Crippen LogP contribution in [0.3, 0.4) is 0 Å². The molecule has 8 heteroatoms. The first-order valence-corrected chi connectivity index (χ1v) is 11.5. The third kappa shape index (κ3) is 3.91. The summed E-state index contributed by atoms with van der Waals surface area (Å²) in [6.45, 7) is 3.68. The number of benzene rings is 2. The molecule has 1 fully saturated rings. The number of fused-ring (bicyclic) bond motifs is 2. The van der Waals surface area contributed by atoms with E-state index in [4.69, 9.17) is 23.6 Å². The zero-order chi connectivity index (χ0) is 22.1. The van der Waals surface area contributed by atoms with Crippen molar-refractivity contribution in [3.8, 4) is 11.5 Å². The largest absolute Gasteiger partial charge is 0.494 e. The van der Waals surface area contributed by atoms with E-state index in [1.165, 1.54) is 11.3 Å². The number of rotatable bonds is 7. The number of nitrogens with zero attached hydrogens (tertiary/aromatic N) is 2. The zero-order valence-electron chi connectivity index (χ0n) is 18.0. The minimum Gasteiger partial charge on any atom is -0.494 e. The predicted molar refractivity (Wildman–Crippen MR) is 124 cm³/mol. The van der Waals surface area contributed by atoms with Crippen molar-refractivity contribution in [2.24, 2.45) is 0 Å². The van der Waals surface area contributed by atoms with Crippen LogP contribution in [-0.2, 0) is 4.74 Å².